The molecular formula is C6H13ClO5. The standard InChI is InChI=1S/C6H12O5.ClH/c7-2-1-4(9)6(11)5(10)3-8;/h2,4-6,8-11H,1,3H2;1H/t4-,5-,6+;/m1./s1. The topological polar surface area (TPSA) is 98.0 Å². The van der Waals surface area contributed by atoms with E-state index >= 15 is 0 Å². The minimum absolute atomic E-state index is 0. The first-order valence-electron chi connectivity index (χ1n) is 3.22. The third kappa shape index (κ3) is 4.63. The molecule has 6 heteroatoms. The van der Waals surface area contributed by atoms with Crippen molar-refractivity contribution in [2.45, 2.75) is 24.7 Å². The summed E-state index contributed by atoms with van der Waals surface area (Å²) in [4.78, 5) is 9.82. The van der Waals surface area contributed by atoms with E-state index in [0.29, 0.717) is 6.29 Å². The Morgan fingerprint density at radius 2 is 1.67 bits per heavy atom. The molecule has 0 aromatic heterocycles. The van der Waals surface area contributed by atoms with Gasteiger partial charge >= 0.3 is 0 Å². The number of halogens is 1. The number of aldehydes is 1. The molecule has 0 aliphatic carbocycles. The molecule has 0 bridgehead atoms. The number of carbonyl (C=O) groups is 1. The Bertz CT molecular complexity index is 121. The average molecular weight is 201 g/mol. The molecule has 3 atom stereocenters. The smallest absolute Gasteiger partial charge is 0.122 e. The van der Waals surface area contributed by atoms with E-state index in [9.17, 15) is 4.79 Å². The van der Waals surface area contributed by atoms with Crippen molar-refractivity contribution >= 4 is 18.7 Å². The van der Waals surface area contributed by atoms with Crippen molar-refractivity contribution in [1.29, 1.82) is 0 Å². The van der Waals surface area contributed by atoms with Crippen LogP contribution in [0.5, 0.6) is 0 Å². The zero-order valence-electron chi connectivity index (χ0n) is 6.33. The zero-order chi connectivity index (χ0) is 8.85. The molecule has 0 saturated heterocycles. The van der Waals surface area contributed by atoms with Gasteiger partial charge in [-0.3, -0.25) is 0 Å². The van der Waals surface area contributed by atoms with Crippen LogP contribution in [-0.2, 0) is 4.79 Å². The van der Waals surface area contributed by atoms with Crippen molar-refractivity contribution in [3.05, 3.63) is 0 Å². The molecule has 5 nitrogen and oxygen atoms in total. The molecule has 0 fully saturated rings. The van der Waals surface area contributed by atoms with Gasteiger partial charge in [0, 0.05) is 6.42 Å². The molecule has 0 heterocycles. The second-order valence-electron chi connectivity index (χ2n) is 2.21. The second-order valence-corrected chi connectivity index (χ2v) is 2.21. The van der Waals surface area contributed by atoms with Crippen LogP contribution < -0.4 is 0 Å². The van der Waals surface area contributed by atoms with E-state index in [1.807, 2.05) is 0 Å². The van der Waals surface area contributed by atoms with Crippen LogP contribution in [0.25, 0.3) is 0 Å². The highest BCUT2D eigenvalue weighted by atomic mass is 35.5. The van der Waals surface area contributed by atoms with Gasteiger partial charge in [0.15, 0.2) is 0 Å². The quantitative estimate of drug-likeness (QED) is 0.388. The monoisotopic (exact) mass is 200 g/mol. The van der Waals surface area contributed by atoms with Crippen LogP contribution in [-0.4, -0.2) is 51.6 Å². The average Bonchev–Trinajstić information content (AvgIpc) is 2.02. The largest absolute Gasteiger partial charge is 0.394 e. The minimum atomic E-state index is -1.47. The molecule has 0 radical (unpaired) electrons. The Labute approximate surface area is 76.1 Å². The third-order valence-corrected chi connectivity index (χ3v) is 1.31. The maximum absolute atomic E-state index is 9.82. The lowest BCUT2D eigenvalue weighted by atomic mass is 10.1. The predicted octanol–water partition coefficient (Wildman–Crippen LogP) is -1.93. The van der Waals surface area contributed by atoms with Gasteiger partial charge in [0.1, 0.15) is 18.5 Å². The first kappa shape index (κ1) is 14.3. The van der Waals surface area contributed by atoms with Gasteiger partial charge in [-0.2, -0.15) is 0 Å². The van der Waals surface area contributed by atoms with Crippen molar-refractivity contribution < 1.29 is 25.2 Å². The van der Waals surface area contributed by atoms with Gasteiger partial charge in [0.05, 0.1) is 12.7 Å². The number of hydrogen-bond donors (Lipinski definition) is 4. The molecule has 0 unspecified atom stereocenters. The Morgan fingerprint density at radius 3 is 2.00 bits per heavy atom. The summed E-state index contributed by atoms with van der Waals surface area (Å²) >= 11 is 0. The van der Waals surface area contributed by atoms with Crippen molar-refractivity contribution in [3.8, 4) is 0 Å². The Balaban J connectivity index is 0. The number of carbonyl (C=O) groups excluding carboxylic acids is 1. The van der Waals surface area contributed by atoms with E-state index < -0.39 is 24.9 Å². The van der Waals surface area contributed by atoms with E-state index in [2.05, 4.69) is 0 Å². The molecule has 0 aliphatic rings. The summed E-state index contributed by atoms with van der Waals surface area (Å²) in [6.07, 6.45) is -4.00. The fourth-order valence-corrected chi connectivity index (χ4v) is 0.602. The van der Waals surface area contributed by atoms with Gasteiger partial charge in [-0.05, 0) is 0 Å². The SMILES string of the molecule is Cl.O=CC[C@@H](O)[C@H](O)[C@H](O)CO. The molecule has 0 rings (SSSR count). The molecule has 0 aliphatic heterocycles. The van der Waals surface area contributed by atoms with Crippen LogP contribution in [0.3, 0.4) is 0 Å². The highest BCUT2D eigenvalue weighted by molar-refractivity contribution is 5.85. The van der Waals surface area contributed by atoms with Crippen LogP contribution in [0.1, 0.15) is 6.42 Å². The summed E-state index contributed by atoms with van der Waals surface area (Å²) < 4.78 is 0. The second kappa shape index (κ2) is 7.45. The molecular weight excluding hydrogens is 188 g/mol. The lowest BCUT2D eigenvalue weighted by Crippen LogP contribution is -2.39. The molecule has 0 aromatic rings. The van der Waals surface area contributed by atoms with E-state index in [-0.39, 0.29) is 18.8 Å². The fraction of sp³-hybridized carbons (Fsp3) is 0.833. The fourth-order valence-electron chi connectivity index (χ4n) is 0.602. The van der Waals surface area contributed by atoms with Crippen molar-refractivity contribution in [2.75, 3.05) is 6.61 Å². The Morgan fingerprint density at radius 1 is 1.17 bits per heavy atom. The van der Waals surface area contributed by atoms with Crippen LogP contribution >= 0.6 is 12.4 Å². The van der Waals surface area contributed by atoms with Gasteiger partial charge in [-0.1, -0.05) is 0 Å². The first-order valence-corrected chi connectivity index (χ1v) is 3.22. The number of rotatable bonds is 5. The maximum atomic E-state index is 9.82. The Hall–Kier alpha value is -0.200. The van der Waals surface area contributed by atoms with E-state index in [1.165, 1.54) is 0 Å². The van der Waals surface area contributed by atoms with Gasteiger partial charge in [0.2, 0.25) is 0 Å². The molecule has 0 amide bonds. The normalized spacial score (nSPS) is 17.3. The minimum Gasteiger partial charge on any atom is -0.394 e. The summed E-state index contributed by atoms with van der Waals surface area (Å²) in [5, 5.41) is 34.8. The predicted molar refractivity (Wildman–Crippen MR) is 43.0 cm³/mol. The molecule has 0 saturated carbocycles. The lowest BCUT2D eigenvalue weighted by molar-refractivity contribution is -0.115. The van der Waals surface area contributed by atoms with Gasteiger partial charge in [-0.15, -0.1) is 12.4 Å². The summed E-state index contributed by atoms with van der Waals surface area (Å²) in [6.45, 7) is -0.642. The van der Waals surface area contributed by atoms with Gasteiger partial charge < -0.3 is 25.2 Å². The summed E-state index contributed by atoms with van der Waals surface area (Å²) in [5.74, 6) is 0. The van der Waals surface area contributed by atoms with E-state index in [1.54, 1.807) is 0 Å². The maximum Gasteiger partial charge on any atom is 0.122 e. The van der Waals surface area contributed by atoms with Crippen LogP contribution in [0.15, 0.2) is 0 Å². The van der Waals surface area contributed by atoms with Crippen molar-refractivity contribution in [2.24, 2.45) is 0 Å². The van der Waals surface area contributed by atoms with Crippen LogP contribution in [0.2, 0.25) is 0 Å². The number of aliphatic hydroxyl groups is 4. The van der Waals surface area contributed by atoms with Gasteiger partial charge in [-0.25, -0.2) is 0 Å². The van der Waals surface area contributed by atoms with Crippen molar-refractivity contribution in [3.63, 3.8) is 0 Å². The Kier molecular flexibility index (Phi) is 8.90. The molecule has 0 spiro atoms. The zero-order valence-corrected chi connectivity index (χ0v) is 7.15. The number of hydrogen-bond acceptors (Lipinski definition) is 5. The lowest BCUT2D eigenvalue weighted by Gasteiger charge is -2.19. The van der Waals surface area contributed by atoms with E-state index in [0.717, 1.165) is 0 Å². The summed E-state index contributed by atoms with van der Waals surface area (Å²) in [7, 11) is 0. The highest BCUT2D eigenvalue weighted by Gasteiger charge is 2.23. The molecule has 74 valence electrons. The van der Waals surface area contributed by atoms with Crippen LogP contribution in [0.4, 0.5) is 0 Å². The number of aliphatic hydroxyl groups excluding tert-OH is 4. The summed E-state index contributed by atoms with van der Waals surface area (Å²) in [5.41, 5.74) is 0. The van der Waals surface area contributed by atoms with Crippen molar-refractivity contribution in [1.82, 2.24) is 0 Å². The highest BCUT2D eigenvalue weighted by Crippen LogP contribution is 2.01. The van der Waals surface area contributed by atoms with Gasteiger partial charge in [0.25, 0.3) is 0 Å². The molecule has 0 aromatic carbocycles. The molecule has 12 heavy (non-hydrogen) atoms. The van der Waals surface area contributed by atoms with E-state index in [4.69, 9.17) is 20.4 Å². The molecule has 4 N–H and O–H groups in total. The third-order valence-electron chi connectivity index (χ3n) is 1.31. The summed E-state index contributed by atoms with van der Waals surface area (Å²) in [6, 6.07) is 0. The first-order chi connectivity index (χ1) is 5.13. The van der Waals surface area contributed by atoms with Crippen LogP contribution in [0, 0.1) is 0 Å².